The van der Waals surface area contributed by atoms with Gasteiger partial charge in [-0.15, -0.1) is 0 Å². The number of halogens is 1. The van der Waals surface area contributed by atoms with Gasteiger partial charge in [0, 0.05) is 7.05 Å². The standard InChI is InChI=1S/C6H6ClN3O/c1-4-5(8-3-11)6(7)10(2)9-4/h1-2H3. The van der Waals surface area contributed by atoms with Crippen LogP contribution >= 0.6 is 11.6 Å². The first-order valence-electron chi connectivity index (χ1n) is 2.93. The second-order valence-electron chi connectivity index (χ2n) is 2.05. The van der Waals surface area contributed by atoms with E-state index in [1.165, 1.54) is 10.8 Å². The highest BCUT2D eigenvalue weighted by Gasteiger charge is 2.08. The number of carbonyl (C=O) groups excluding carboxylic acids is 1. The Labute approximate surface area is 68.5 Å². The van der Waals surface area contributed by atoms with E-state index >= 15 is 0 Å². The largest absolute Gasteiger partial charge is 0.255 e. The molecule has 0 aliphatic heterocycles. The third kappa shape index (κ3) is 1.31. The lowest BCUT2D eigenvalue weighted by atomic mass is 10.4. The molecule has 0 aromatic carbocycles. The number of aromatic nitrogens is 2. The Morgan fingerprint density at radius 2 is 2.36 bits per heavy atom. The third-order valence-electron chi connectivity index (χ3n) is 1.28. The van der Waals surface area contributed by atoms with Crippen LogP contribution in [-0.4, -0.2) is 15.9 Å². The fourth-order valence-electron chi connectivity index (χ4n) is 0.791. The normalized spacial score (nSPS) is 9.36. The molecule has 0 radical (unpaired) electrons. The molecule has 0 aliphatic rings. The van der Waals surface area contributed by atoms with Crippen LogP contribution < -0.4 is 0 Å². The van der Waals surface area contributed by atoms with Crippen LogP contribution in [0.3, 0.4) is 0 Å². The molecular formula is C6H6ClN3O. The molecule has 0 N–H and O–H groups in total. The molecule has 0 amide bonds. The number of aryl methyl sites for hydroxylation is 2. The molecule has 58 valence electrons. The molecular weight excluding hydrogens is 166 g/mol. The van der Waals surface area contributed by atoms with Crippen LogP contribution in [0.2, 0.25) is 5.15 Å². The summed E-state index contributed by atoms with van der Waals surface area (Å²) in [5.41, 5.74) is 1.02. The molecule has 0 spiro atoms. The predicted octanol–water partition coefficient (Wildman–Crippen LogP) is 1.35. The van der Waals surface area contributed by atoms with Gasteiger partial charge in [-0.2, -0.15) is 10.1 Å². The lowest BCUT2D eigenvalue weighted by Gasteiger charge is -1.87. The number of isocyanates is 1. The topological polar surface area (TPSA) is 47.2 Å². The summed E-state index contributed by atoms with van der Waals surface area (Å²) >= 11 is 5.72. The van der Waals surface area contributed by atoms with Gasteiger partial charge in [0.25, 0.3) is 0 Å². The lowest BCUT2D eigenvalue weighted by molar-refractivity contribution is 0.565. The van der Waals surface area contributed by atoms with E-state index in [1.807, 2.05) is 0 Å². The maximum Gasteiger partial charge on any atom is 0.240 e. The van der Waals surface area contributed by atoms with Crippen molar-refractivity contribution in [1.82, 2.24) is 9.78 Å². The summed E-state index contributed by atoms with van der Waals surface area (Å²) in [6.07, 6.45) is 1.42. The average Bonchev–Trinajstić information content (AvgIpc) is 2.17. The minimum atomic E-state index is 0.353. The number of nitrogens with zero attached hydrogens (tertiary/aromatic N) is 3. The summed E-state index contributed by atoms with van der Waals surface area (Å²) in [6, 6.07) is 0. The van der Waals surface area contributed by atoms with Crippen LogP contribution in [0.25, 0.3) is 0 Å². The van der Waals surface area contributed by atoms with E-state index in [0.717, 1.165) is 0 Å². The number of hydrogen-bond donors (Lipinski definition) is 0. The molecule has 0 atom stereocenters. The quantitative estimate of drug-likeness (QED) is 0.473. The third-order valence-corrected chi connectivity index (χ3v) is 1.70. The highest BCUT2D eigenvalue weighted by molar-refractivity contribution is 6.32. The van der Waals surface area contributed by atoms with Gasteiger partial charge in [0.15, 0.2) is 5.15 Å². The molecule has 5 heteroatoms. The van der Waals surface area contributed by atoms with Gasteiger partial charge >= 0.3 is 0 Å². The van der Waals surface area contributed by atoms with E-state index in [1.54, 1.807) is 14.0 Å². The second kappa shape index (κ2) is 2.86. The zero-order valence-electron chi connectivity index (χ0n) is 6.13. The summed E-state index contributed by atoms with van der Waals surface area (Å²) in [7, 11) is 1.68. The zero-order valence-corrected chi connectivity index (χ0v) is 6.88. The van der Waals surface area contributed by atoms with Crippen molar-refractivity contribution < 1.29 is 4.79 Å². The Hall–Kier alpha value is -1.12. The van der Waals surface area contributed by atoms with Gasteiger partial charge in [-0.3, -0.25) is 4.68 Å². The Balaban J connectivity index is 3.33. The van der Waals surface area contributed by atoms with Crippen molar-refractivity contribution >= 4 is 23.4 Å². The maximum absolute atomic E-state index is 9.90. The van der Waals surface area contributed by atoms with Crippen molar-refractivity contribution in [3.8, 4) is 0 Å². The van der Waals surface area contributed by atoms with Crippen LogP contribution in [0.15, 0.2) is 4.99 Å². The molecule has 0 fully saturated rings. The Morgan fingerprint density at radius 1 is 1.73 bits per heavy atom. The van der Waals surface area contributed by atoms with E-state index in [0.29, 0.717) is 16.5 Å². The van der Waals surface area contributed by atoms with E-state index in [2.05, 4.69) is 10.1 Å². The van der Waals surface area contributed by atoms with Gasteiger partial charge < -0.3 is 0 Å². The number of rotatable bonds is 1. The van der Waals surface area contributed by atoms with Crippen LogP contribution in [0.1, 0.15) is 5.69 Å². The van der Waals surface area contributed by atoms with E-state index in [4.69, 9.17) is 11.6 Å². The summed E-state index contributed by atoms with van der Waals surface area (Å²) in [5, 5.41) is 4.29. The van der Waals surface area contributed by atoms with Gasteiger partial charge in [-0.25, -0.2) is 4.79 Å². The molecule has 0 unspecified atom stereocenters. The summed E-state index contributed by atoms with van der Waals surface area (Å²) in [6.45, 7) is 1.72. The van der Waals surface area contributed by atoms with Crippen LogP contribution in [-0.2, 0) is 11.8 Å². The predicted molar refractivity (Wildman–Crippen MR) is 40.7 cm³/mol. The maximum atomic E-state index is 9.90. The fourth-order valence-corrected chi connectivity index (χ4v) is 1.01. The van der Waals surface area contributed by atoms with Crippen molar-refractivity contribution in [3.63, 3.8) is 0 Å². The smallest absolute Gasteiger partial charge is 0.240 e. The number of hydrogen-bond acceptors (Lipinski definition) is 3. The van der Waals surface area contributed by atoms with Gasteiger partial charge in [0.05, 0.1) is 5.69 Å². The van der Waals surface area contributed by atoms with Gasteiger partial charge in [0.1, 0.15) is 5.69 Å². The lowest BCUT2D eigenvalue weighted by Crippen LogP contribution is -1.88. The summed E-state index contributed by atoms with van der Waals surface area (Å²) < 4.78 is 1.45. The van der Waals surface area contributed by atoms with Crippen molar-refractivity contribution in [2.45, 2.75) is 6.92 Å². The van der Waals surface area contributed by atoms with Crippen molar-refractivity contribution in [3.05, 3.63) is 10.8 Å². The Kier molecular flexibility index (Phi) is 2.08. The molecule has 0 bridgehead atoms. The molecule has 0 aliphatic carbocycles. The SMILES string of the molecule is Cc1nn(C)c(Cl)c1N=C=O. The molecule has 1 heterocycles. The van der Waals surface area contributed by atoms with Gasteiger partial charge in [-0.05, 0) is 6.92 Å². The average molecular weight is 172 g/mol. The molecule has 0 saturated heterocycles. The minimum absolute atomic E-state index is 0.353. The van der Waals surface area contributed by atoms with E-state index in [9.17, 15) is 4.79 Å². The van der Waals surface area contributed by atoms with Crippen molar-refractivity contribution in [2.75, 3.05) is 0 Å². The van der Waals surface area contributed by atoms with Gasteiger partial charge in [0.2, 0.25) is 6.08 Å². The molecule has 4 nitrogen and oxygen atoms in total. The van der Waals surface area contributed by atoms with Crippen molar-refractivity contribution in [2.24, 2.45) is 12.0 Å². The fraction of sp³-hybridized carbons (Fsp3) is 0.333. The van der Waals surface area contributed by atoms with E-state index < -0.39 is 0 Å². The first kappa shape index (κ1) is 7.98. The first-order valence-corrected chi connectivity index (χ1v) is 3.31. The minimum Gasteiger partial charge on any atom is -0.255 e. The zero-order chi connectivity index (χ0) is 8.43. The molecule has 11 heavy (non-hydrogen) atoms. The van der Waals surface area contributed by atoms with Crippen LogP contribution in [0.4, 0.5) is 5.69 Å². The highest BCUT2D eigenvalue weighted by Crippen LogP contribution is 2.26. The first-order chi connectivity index (χ1) is 5.16. The van der Waals surface area contributed by atoms with Crippen molar-refractivity contribution in [1.29, 1.82) is 0 Å². The molecule has 0 saturated carbocycles. The van der Waals surface area contributed by atoms with E-state index in [-0.39, 0.29) is 0 Å². The summed E-state index contributed by atoms with van der Waals surface area (Å²) in [5.74, 6) is 0. The Bertz CT molecular complexity index is 325. The highest BCUT2D eigenvalue weighted by atomic mass is 35.5. The second-order valence-corrected chi connectivity index (χ2v) is 2.41. The Morgan fingerprint density at radius 3 is 2.73 bits per heavy atom. The van der Waals surface area contributed by atoms with Gasteiger partial charge in [-0.1, -0.05) is 11.6 Å². The summed E-state index contributed by atoms with van der Waals surface area (Å²) in [4.78, 5) is 13.3. The molecule has 1 aromatic heterocycles. The number of aliphatic imine (C=N–C) groups is 1. The van der Waals surface area contributed by atoms with Crippen LogP contribution in [0.5, 0.6) is 0 Å². The monoisotopic (exact) mass is 171 g/mol. The van der Waals surface area contributed by atoms with Crippen LogP contribution in [0, 0.1) is 6.92 Å². The molecule has 1 rings (SSSR count). The molecule has 1 aromatic rings.